The van der Waals surface area contributed by atoms with Gasteiger partial charge < -0.3 is 0 Å². The Hall–Kier alpha value is -1.28. The summed E-state index contributed by atoms with van der Waals surface area (Å²) in [5, 5.41) is 17.6. The molecule has 0 saturated heterocycles. The Labute approximate surface area is 73.1 Å². The molecule has 0 bridgehead atoms. The van der Waals surface area contributed by atoms with Crippen molar-refractivity contribution in [3.8, 4) is 12.1 Å². The molecule has 62 valence electrons. The molecule has 0 aromatic rings. The summed E-state index contributed by atoms with van der Waals surface area (Å²) in [5.74, 6) is -0.111. The molecule has 0 amide bonds. The maximum absolute atomic E-state index is 8.78. The number of hydrogen-bond acceptors (Lipinski definition) is 2. The Bertz CT molecular complexity index is 216. The number of rotatable bonds is 0. The van der Waals surface area contributed by atoms with E-state index in [-0.39, 0.29) is 11.8 Å². The molecule has 2 atom stereocenters. The molecule has 0 heterocycles. The maximum Gasteiger partial charge on any atom is 0.0669 e. The summed E-state index contributed by atoms with van der Waals surface area (Å²) in [4.78, 5) is 0. The molecule has 0 aromatic carbocycles. The van der Waals surface area contributed by atoms with Gasteiger partial charge in [-0.05, 0) is 25.7 Å². The van der Waals surface area contributed by atoms with Crippen LogP contribution < -0.4 is 0 Å². The fraction of sp³-hybridized carbons (Fsp3) is 0.600. The largest absolute Gasteiger partial charge is 0.198 e. The average molecular weight is 160 g/mol. The second-order valence-electron chi connectivity index (χ2n) is 3.10. The van der Waals surface area contributed by atoms with E-state index < -0.39 is 0 Å². The average Bonchev–Trinajstić information content (AvgIpc) is 2.05. The van der Waals surface area contributed by atoms with Crippen LogP contribution in [0.1, 0.15) is 25.7 Å². The molecule has 1 rings (SSSR count). The molecule has 0 radical (unpaired) electrons. The Morgan fingerprint density at radius 2 is 1.33 bits per heavy atom. The first-order chi connectivity index (χ1) is 5.88. The quantitative estimate of drug-likeness (QED) is 0.511. The third kappa shape index (κ3) is 2.10. The molecule has 0 aromatic heterocycles. The zero-order valence-electron chi connectivity index (χ0n) is 7.03. The number of nitrogens with zero attached hydrogens (tertiary/aromatic N) is 2. The van der Waals surface area contributed by atoms with Crippen LogP contribution in [0.5, 0.6) is 0 Å². The monoisotopic (exact) mass is 160 g/mol. The van der Waals surface area contributed by atoms with E-state index in [1.807, 2.05) is 0 Å². The minimum Gasteiger partial charge on any atom is -0.198 e. The normalized spacial score (nSPS) is 32.2. The molecular weight excluding hydrogens is 148 g/mol. The van der Waals surface area contributed by atoms with Crippen LogP contribution >= 0.6 is 0 Å². The van der Waals surface area contributed by atoms with Crippen LogP contribution in [0.25, 0.3) is 0 Å². The van der Waals surface area contributed by atoms with Crippen molar-refractivity contribution in [1.29, 1.82) is 10.5 Å². The van der Waals surface area contributed by atoms with Crippen molar-refractivity contribution in [2.45, 2.75) is 25.7 Å². The van der Waals surface area contributed by atoms with Gasteiger partial charge in [-0.1, -0.05) is 12.2 Å². The Morgan fingerprint density at radius 3 is 1.67 bits per heavy atom. The van der Waals surface area contributed by atoms with Gasteiger partial charge in [-0.25, -0.2) is 0 Å². The third-order valence-corrected chi connectivity index (χ3v) is 2.27. The van der Waals surface area contributed by atoms with Gasteiger partial charge in [0.05, 0.1) is 24.0 Å². The van der Waals surface area contributed by atoms with Crippen molar-refractivity contribution >= 4 is 0 Å². The van der Waals surface area contributed by atoms with E-state index in [0.717, 1.165) is 25.7 Å². The SMILES string of the molecule is N#C[C@@H]1CC/C=C\CC[C@@H]1C#N. The van der Waals surface area contributed by atoms with E-state index in [1.165, 1.54) is 0 Å². The molecular formula is C10H12N2. The van der Waals surface area contributed by atoms with Gasteiger partial charge in [0.15, 0.2) is 0 Å². The van der Waals surface area contributed by atoms with E-state index in [2.05, 4.69) is 24.3 Å². The summed E-state index contributed by atoms with van der Waals surface area (Å²) >= 11 is 0. The zero-order valence-corrected chi connectivity index (χ0v) is 7.03. The van der Waals surface area contributed by atoms with Crippen molar-refractivity contribution in [2.24, 2.45) is 11.8 Å². The van der Waals surface area contributed by atoms with Crippen molar-refractivity contribution in [3.63, 3.8) is 0 Å². The van der Waals surface area contributed by atoms with Crippen LogP contribution in [0, 0.1) is 34.5 Å². The fourth-order valence-electron chi connectivity index (χ4n) is 1.50. The predicted octanol–water partition coefficient (Wildman–Crippen LogP) is 2.40. The van der Waals surface area contributed by atoms with Gasteiger partial charge in [0.1, 0.15) is 0 Å². The minimum atomic E-state index is -0.0556. The van der Waals surface area contributed by atoms with Crippen LogP contribution in [-0.2, 0) is 0 Å². The van der Waals surface area contributed by atoms with Crippen LogP contribution in [0.4, 0.5) is 0 Å². The van der Waals surface area contributed by atoms with Crippen LogP contribution in [-0.4, -0.2) is 0 Å². The maximum atomic E-state index is 8.78. The summed E-state index contributed by atoms with van der Waals surface area (Å²) in [6.45, 7) is 0. The van der Waals surface area contributed by atoms with E-state index in [4.69, 9.17) is 10.5 Å². The second kappa shape index (κ2) is 4.57. The number of hydrogen-bond donors (Lipinski definition) is 0. The molecule has 1 aliphatic carbocycles. The van der Waals surface area contributed by atoms with Crippen molar-refractivity contribution in [1.82, 2.24) is 0 Å². The van der Waals surface area contributed by atoms with Crippen molar-refractivity contribution < 1.29 is 0 Å². The van der Waals surface area contributed by atoms with Gasteiger partial charge in [0.25, 0.3) is 0 Å². The predicted molar refractivity (Wildman–Crippen MR) is 45.8 cm³/mol. The van der Waals surface area contributed by atoms with E-state index >= 15 is 0 Å². The van der Waals surface area contributed by atoms with Crippen LogP contribution in [0.15, 0.2) is 12.2 Å². The molecule has 0 unspecified atom stereocenters. The van der Waals surface area contributed by atoms with Gasteiger partial charge in [0.2, 0.25) is 0 Å². The van der Waals surface area contributed by atoms with Crippen molar-refractivity contribution in [2.75, 3.05) is 0 Å². The third-order valence-electron chi connectivity index (χ3n) is 2.27. The van der Waals surface area contributed by atoms with Gasteiger partial charge in [-0.2, -0.15) is 10.5 Å². The molecule has 0 spiro atoms. The lowest BCUT2D eigenvalue weighted by Crippen LogP contribution is -2.12. The van der Waals surface area contributed by atoms with Gasteiger partial charge in [-0.15, -0.1) is 0 Å². The number of nitriles is 2. The first kappa shape index (κ1) is 8.81. The van der Waals surface area contributed by atoms with E-state index in [9.17, 15) is 0 Å². The lowest BCUT2D eigenvalue weighted by Gasteiger charge is -2.15. The van der Waals surface area contributed by atoms with Crippen molar-refractivity contribution in [3.05, 3.63) is 12.2 Å². The molecule has 2 heteroatoms. The van der Waals surface area contributed by atoms with Crippen LogP contribution in [0.3, 0.4) is 0 Å². The topological polar surface area (TPSA) is 47.6 Å². The van der Waals surface area contributed by atoms with Gasteiger partial charge in [-0.3, -0.25) is 0 Å². The summed E-state index contributed by atoms with van der Waals surface area (Å²) in [5.41, 5.74) is 0. The van der Waals surface area contributed by atoms with Crippen LogP contribution in [0.2, 0.25) is 0 Å². The molecule has 2 nitrogen and oxygen atoms in total. The molecule has 0 N–H and O–H groups in total. The summed E-state index contributed by atoms with van der Waals surface area (Å²) in [6.07, 6.45) is 7.78. The first-order valence-corrected chi connectivity index (χ1v) is 4.32. The summed E-state index contributed by atoms with van der Waals surface area (Å²) in [6, 6.07) is 4.43. The zero-order chi connectivity index (χ0) is 8.81. The highest BCUT2D eigenvalue weighted by atomic mass is 14.3. The molecule has 0 fully saturated rings. The lowest BCUT2D eigenvalue weighted by molar-refractivity contribution is 0.436. The van der Waals surface area contributed by atoms with Gasteiger partial charge in [0, 0.05) is 0 Å². The Balaban J connectivity index is 2.64. The first-order valence-electron chi connectivity index (χ1n) is 4.32. The fourth-order valence-corrected chi connectivity index (χ4v) is 1.50. The Morgan fingerprint density at radius 1 is 0.917 bits per heavy atom. The molecule has 0 aliphatic heterocycles. The smallest absolute Gasteiger partial charge is 0.0669 e. The van der Waals surface area contributed by atoms with E-state index in [0.29, 0.717) is 0 Å². The molecule has 1 aliphatic rings. The molecule has 12 heavy (non-hydrogen) atoms. The minimum absolute atomic E-state index is 0.0556. The van der Waals surface area contributed by atoms with E-state index in [1.54, 1.807) is 0 Å². The highest BCUT2D eigenvalue weighted by Crippen LogP contribution is 2.23. The summed E-state index contributed by atoms with van der Waals surface area (Å²) in [7, 11) is 0. The standard InChI is InChI=1S/C10H12N2/c11-7-9-5-3-1-2-4-6-10(9)8-12/h1-2,9-10H,3-6H2/b2-1-/t9-,10+. The molecule has 0 saturated carbocycles. The Kier molecular flexibility index (Phi) is 3.35. The lowest BCUT2D eigenvalue weighted by atomic mass is 9.85. The van der Waals surface area contributed by atoms with Gasteiger partial charge >= 0.3 is 0 Å². The highest BCUT2D eigenvalue weighted by Gasteiger charge is 2.20. The summed E-state index contributed by atoms with van der Waals surface area (Å²) < 4.78 is 0. The number of allylic oxidation sites excluding steroid dienone is 2. The second-order valence-corrected chi connectivity index (χ2v) is 3.10. The highest BCUT2D eigenvalue weighted by molar-refractivity contribution is 5.01.